The first-order chi connectivity index (χ1) is 13.6. The first-order valence-electron chi connectivity index (χ1n) is 9.45. The summed E-state index contributed by atoms with van der Waals surface area (Å²) < 4.78 is 1.84. The van der Waals surface area contributed by atoms with Crippen molar-refractivity contribution in [3.8, 4) is 0 Å². The van der Waals surface area contributed by atoms with Gasteiger partial charge in [-0.05, 0) is 68.2 Å². The molecule has 6 heteroatoms. The monoisotopic (exact) mass is 372 g/mol. The molecule has 0 spiro atoms. The molecule has 0 saturated heterocycles. The van der Waals surface area contributed by atoms with Crippen LogP contribution >= 0.6 is 0 Å². The van der Waals surface area contributed by atoms with Gasteiger partial charge in [0, 0.05) is 28.5 Å². The number of para-hydroxylation sites is 1. The molecule has 1 aliphatic rings. The van der Waals surface area contributed by atoms with Gasteiger partial charge in [0.2, 0.25) is 0 Å². The second-order valence-corrected chi connectivity index (χ2v) is 7.22. The fourth-order valence-electron chi connectivity index (χ4n) is 3.15. The van der Waals surface area contributed by atoms with Crippen LogP contribution < -0.4 is 10.6 Å². The second kappa shape index (κ2) is 7.68. The van der Waals surface area contributed by atoms with Crippen LogP contribution in [0.4, 0.5) is 11.4 Å². The molecule has 3 N–H and O–H groups in total. The summed E-state index contributed by atoms with van der Waals surface area (Å²) in [6, 6.07) is 16.0. The van der Waals surface area contributed by atoms with Crippen LogP contribution in [0.5, 0.6) is 0 Å². The summed E-state index contributed by atoms with van der Waals surface area (Å²) >= 11 is 0. The molecule has 4 rings (SSSR count). The van der Waals surface area contributed by atoms with E-state index in [4.69, 9.17) is 5.41 Å². The van der Waals surface area contributed by atoms with Crippen LogP contribution in [0.1, 0.15) is 19.8 Å². The van der Waals surface area contributed by atoms with Crippen molar-refractivity contribution >= 4 is 28.1 Å². The van der Waals surface area contributed by atoms with Crippen LogP contribution in [0.25, 0.3) is 11.0 Å². The average molecular weight is 372 g/mol. The molecule has 2 aromatic carbocycles. The van der Waals surface area contributed by atoms with E-state index in [-0.39, 0.29) is 0 Å². The molecule has 0 atom stereocenters. The SMILES string of the molecule is C=C(Cn1nnc2ccccc21)Nc1ccc(N/C(=C\C(C)=N)C2CC2)cc1. The number of fused-ring (bicyclic) bond motifs is 1. The topological polar surface area (TPSA) is 78.6 Å². The standard InChI is InChI=1S/C22H24N6/c1-15(23)13-21(17-7-8-17)25-19-11-9-18(10-12-19)24-16(2)14-28-22-6-4-3-5-20(22)26-27-28/h3-6,9-13,17,23-25H,2,7-8,14H2,1H3/b21-13-,23-15?. The Bertz CT molecular complexity index is 1040. The van der Waals surface area contributed by atoms with Crippen molar-refractivity contribution in [1.29, 1.82) is 5.41 Å². The molecule has 1 fully saturated rings. The maximum Gasteiger partial charge on any atom is 0.113 e. The van der Waals surface area contributed by atoms with Crippen LogP contribution in [-0.4, -0.2) is 20.7 Å². The molecule has 0 bridgehead atoms. The van der Waals surface area contributed by atoms with Crippen molar-refractivity contribution in [2.75, 3.05) is 10.6 Å². The predicted octanol–water partition coefficient (Wildman–Crippen LogP) is 4.80. The number of benzene rings is 2. The number of aromatic nitrogens is 3. The van der Waals surface area contributed by atoms with E-state index in [1.807, 2.05) is 59.3 Å². The Kier molecular flexibility index (Phi) is 4.93. The van der Waals surface area contributed by atoms with Crippen molar-refractivity contribution < 1.29 is 0 Å². The number of hydrogen-bond donors (Lipinski definition) is 3. The van der Waals surface area contributed by atoms with E-state index in [0.717, 1.165) is 33.8 Å². The van der Waals surface area contributed by atoms with Gasteiger partial charge < -0.3 is 16.0 Å². The van der Waals surface area contributed by atoms with Gasteiger partial charge in [0.05, 0.1) is 12.1 Å². The van der Waals surface area contributed by atoms with Gasteiger partial charge in [0.25, 0.3) is 0 Å². The average Bonchev–Trinajstić information content (AvgIpc) is 3.45. The molecular weight excluding hydrogens is 348 g/mol. The Labute approximate surface area is 164 Å². The zero-order valence-electron chi connectivity index (χ0n) is 15.9. The van der Waals surface area contributed by atoms with Crippen LogP contribution in [0.15, 0.2) is 72.6 Å². The summed E-state index contributed by atoms with van der Waals surface area (Å²) in [5, 5.41) is 22.9. The highest BCUT2D eigenvalue weighted by Crippen LogP contribution is 2.37. The Balaban J connectivity index is 1.38. The number of nitrogens with one attached hydrogen (secondary N) is 3. The van der Waals surface area contributed by atoms with Gasteiger partial charge >= 0.3 is 0 Å². The third-order valence-electron chi connectivity index (χ3n) is 4.64. The lowest BCUT2D eigenvalue weighted by molar-refractivity contribution is 0.665. The largest absolute Gasteiger partial charge is 0.359 e. The normalized spacial score (nSPS) is 14.1. The highest BCUT2D eigenvalue weighted by Gasteiger charge is 2.26. The minimum absolute atomic E-state index is 0.549. The zero-order valence-corrected chi connectivity index (χ0v) is 15.9. The smallest absolute Gasteiger partial charge is 0.113 e. The molecule has 0 aliphatic heterocycles. The molecule has 142 valence electrons. The summed E-state index contributed by atoms with van der Waals surface area (Å²) in [4.78, 5) is 0. The van der Waals surface area contributed by atoms with E-state index < -0.39 is 0 Å². The molecule has 1 saturated carbocycles. The first-order valence-corrected chi connectivity index (χ1v) is 9.45. The van der Waals surface area contributed by atoms with Gasteiger partial charge in [-0.3, -0.25) is 0 Å². The second-order valence-electron chi connectivity index (χ2n) is 7.22. The Morgan fingerprint density at radius 3 is 2.50 bits per heavy atom. The maximum absolute atomic E-state index is 7.71. The highest BCUT2D eigenvalue weighted by molar-refractivity contribution is 5.91. The fraction of sp³-hybridized carbons (Fsp3) is 0.227. The lowest BCUT2D eigenvalue weighted by Gasteiger charge is -2.13. The third kappa shape index (κ3) is 4.28. The predicted molar refractivity (Wildman–Crippen MR) is 115 cm³/mol. The van der Waals surface area contributed by atoms with Gasteiger partial charge in [-0.1, -0.05) is 23.9 Å². The van der Waals surface area contributed by atoms with Crippen LogP contribution in [0, 0.1) is 11.3 Å². The first kappa shape index (κ1) is 18.0. The molecule has 1 aliphatic carbocycles. The molecule has 0 unspecified atom stereocenters. The molecule has 6 nitrogen and oxygen atoms in total. The fourth-order valence-corrected chi connectivity index (χ4v) is 3.15. The van der Waals surface area contributed by atoms with Crippen LogP contribution in [0.3, 0.4) is 0 Å². The Morgan fingerprint density at radius 2 is 1.82 bits per heavy atom. The molecule has 28 heavy (non-hydrogen) atoms. The Morgan fingerprint density at radius 1 is 1.14 bits per heavy atom. The summed E-state index contributed by atoms with van der Waals surface area (Å²) in [5.74, 6) is 0.565. The minimum atomic E-state index is 0.549. The van der Waals surface area contributed by atoms with E-state index >= 15 is 0 Å². The summed E-state index contributed by atoms with van der Waals surface area (Å²) in [5.41, 5.74) is 6.42. The molecule has 0 amide bonds. The quantitative estimate of drug-likeness (QED) is 0.496. The molecule has 1 aromatic heterocycles. The van der Waals surface area contributed by atoms with Gasteiger partial charge in [0.15, 0.2) is 0 Å². The summed E-state index contributed by atoms with van der Waals surface area (Å²) in [6.45, 7) is 6.47. The van der Waals surface area contributed by atoms with Gasteiger partial charge in [-0.15, -0.1) is 5.10 Å². The minimum Gasteiger partial charge on any atom is -0.359 e. The Hall–Kier alpha value is -3.41. The third-order valence-corrected chi connectivity index (χ3v) is 4.64. The molecule has 1 heterocycles. The molecule has 3 aromatic rings. The van der Waals surface area contributed by atoms with Crippen molar-refractivity contribution in [2.24, 2.45) is 5.92 Å². The van der Waals surface area contributed by atoms with Gasteiger partial charge in [-0.25, -0.2) is 4.68 Å². The van der Waals surface area contributed by atoms with Crippen molar-refractivity contribution in [3.05, 3.63) is 72.6 Å². The zero-order chi connectivity index (χ0) is 19.5. The lowest BCUT2D eigenvalue weighted by Crippen LogP contribution is -2.09. The van der Waals surface area contributed by atoms with E-state index in [2.05, 4.69) is 27.5 Å². The lowest BCUT2D eigenvalue weighted by atomic mass is 10.2. The van der Waals surface area contributed by atoms with Crippen molar-refractivity contribution in [1.82, 2.24) is 15.0 Å². The van der Waals surface area contributed by atoms with Crippen LogP contribution in [0.2, 0.25) is 0 Å². The number of allylic oxidation sites excluding steroid dienone is 3. The molecule has 0 radical (unpaired) electrons. The van der Waals surface area contributed by atoms with Gasteiger partial charge in [-0.2, -0.15) is 0 Å². The highest BCUT2D eigenvalue weighted by atomic mass is 15.4. The number of rotatable bonds is 8. The van der Waals surface area contributed by atoms with Crippen molar-refractivity contribution in [2.45, 2.75) is 26.3 Å². The van der Waals surface area contributed by atoms with E-state index in [1.165, 1.54) is 12.8 Å². The molecular formula is C22H24N6. The number of hydrogen-bond acceptors (Lipinski definition) is 5. The maximum atomic E-state index is 7.71. The van der Waals surface area contributed by atoms with Gasteiger partial charge in [0.1, 0.15) is 5.52 Å². The van der Waals surface area contributed by atoms with E-state index in [0.29, 0.717) is 18.2 Å². The van der Waals surface area contributed by atoms with E-state index in [9.17, 15) is 0 Å². The van der Waals surface area contributed by atoms with E-state index in [1.54, 1.807) is 6.92 Å². The summed E-state index contributed by atoms with van der Waals surface area (Å²) in [7, 11) is 0. The van der Waals surface area contributed by atoms with Crippen molar-refractivity contribution in [3.63, 3.8) is 0 Å². The summed E-state index contributed by atoms with van der Waals surface area (Å²) in [6.07, 6.45) is 4.32. The van der Waals surface area contributed by atoms with Crippen LogP contribution in [-0.2, 0) is 6.54 Å². The number of anilines is 2. The number of nitrogens with zero attached hydrogens (tertiary/aromatic N) is 3.